The number of hydrogen-bond donors (Lipinski definition) is 2. The maximum Gasteiger partial charge on any atom is 0.313 e. The second-order valence-electron chi connectivity index (χ2n) is 4.53. The van der Waals surface area contributed by atoms with Crippen LogP contribution in [-0.2, 0) is 4.79 Å². The number of nitrogens with two attached hydrogens (primary N) is 2. The number of carbonyl (C=O) groups is 1. The van der Waals surface area contributed by atoms with Gasteiger partial charge in [0.25, 0.3) is 0 Å². The molecule has 0 aromatic heterocycles. The Hall–Kier alpha value is -1.10. The third-order valence-electron chi connectivity index (χ3n) is 3.67. The number of carbonyl (C=O) groups excluding carboxylic acids is 1. The van der Waals surface area contributed by atoms with Gasteiger partial charge in [-0.2, -0.15) is 4.99 Å². The molecule has 5 heteroatoms. The van der Waals surface area contributed by atoms with Crippen molar-refractivity contribution in [1.29, 1.82) is 0 Å². The van der Waals surface area contributed by atoms with Crippen LogP contribution in [0.1, 0.15) is 20.3 Å². The van der Waals surface area contributed by atoms with Gasteiger partial charge in [-0.05, 0) is 6.92 Å². The lowest BCUT2D eigenvalue weighted by molar-refractivity contribution is -0.793. The van der Waals surface area contributed by atoms with Gasteiger partial charge in [-0.3, -0.25) is 4.79 Å². The zero-order valence-corrected chi connectivity index (χ0v) is 9.24. The number of amides is 1. The second-order valence-corrected chi connectivity index (χ2v) is 4.53. The summed E-state index contributed by atoms with van der Waals surface area (Å²) in [7, 11) is 4.04. The molecule has 2 atom stereocenters. The number of hydrogen-bond acceptors (Lipinski definition) is 1. The first-order chi connectivity index (χ1) is 6.27. The standard InChI is InChI=1S/C9H18N4O/c1-5-9(2)6(13(9,3)4)7(14)12-8(10)11/h6H,5H2,1-4H3,(H3-,10,11,12,14)/p+1. The molecule has 1 aliphatic heterocycles. The topological polar surface area (TPSA) is 81.5 Å². The molecule has 0 aromatic carbocycles. The van der Waals surface area contributed by atoms with Gasteiger partial charge in [-0.25, -0.2) is 0 Å². The predicted octanol–water partition coefficient (Wildman–Crippen LogP) is -0.586. The molecule has 0 saturated carbocycles. The lowest BCUT2D eigenvalue weighted by Crippen LogP contribution is -2.28. The van der Waals surface area contributed by atoms with Crippen molar-refractivity contribution in [2.75, 3.05) is 14.1 Å². The van der Waals surface area contributed by atoms with Gasteiger partial charge in [0.15, 0.2) is 11.5 Å². The number of quaternary nitrogens is 1. The van der Waals surface area contributed by atoms with E-state index >= 15 is 0 Å². The highest BCUT2D eigenvalue weighted by molar-refractivity contribution is 5.95. The summed E-state index contributed by atoms with van der Waals surface area (Å²) in [5, 5.41) is 0. The molecule has 1 aliphatic rings. The van der Waals surface area contributed by atoms with Gasteiger partial charge in [0.2, 0.25) is 6.04 Å². The van der Waals surface area contributed by atoms with Crippen LogP contribution >= 0.6 is 0 Å². The Labute approximate surface area is 84.4 Å². The third-order valence-corrected chi connectivity index (χ3v) is 3.67. The van der Waals surface area contributed by atoms with E-state index in [1.807, 2.05) is 14.1 Å². The van der Waals surface area contributed by atoms with E-state index in [9.17, 15) is 4.79 Å². The molecule has 0 bridgehead atoms. The lowest BCUT2D eigenvalue weighted by atomic mass is 10.0. The fourth-order valence-electron chi connectivity index (χ4n) is 2.27. The molecule has 1 heterocycles. The van der Waals surface area contributed by atoms with Gasteiger partial charge in [-0.1, -0.05) is 6.92 Å². The minimum atomic E-state index is -0.209. The van der Waals surface area contributed by atoms with Crippen LogP contribution in [0.2, 0.25) is 0 Å². The molecule has 0 spiro atoms. The first-order valence-corrected chi connectivity index (χ1v) is 4.74. The molecule has 0 aromatic rings. The number of nitrogens with zero attached hydrogens (tertiary/aromatic N) is 2. The Morgan fingerprint density at radius 3 is 2.29 bits per heavy atom. The summed E-state index contributed by atoms with van der Waals surface area (Å²) in [4.78, 5) is 15.2. The fourth-order valence-corrected chi connectivity index (χ4v) is 2.27. The van der Waals surface area contributed by atoms with Crippen molar-refractivity contribution in [2.24, 2.45) is 16.5 Å². The number of rotatable bonds is 2. The zero-order chi connectivity index (χ0) is 11.1. The van der Waals surface area contributed by atoms with E-state index in [0.29, 0.717) is 4.48 Å². The van der Waals surface area contributed by atoms with Crippen LogP contribution in [0.5, 0.6) is 0 Å². The van der Waals surface area contributed by atoms with Gasteiger partial charge in [0.1, 0.15) is 0 Å². The molecule has 5 nitrogen and oxygen atoms in total. The van der Waals surface area contributed by atoms with E-state index in [1.165, 1.54) is 0 Å². The predicted molar refractivity (Wildman–Crippen MR) is 55.4 cm³/mol. The van der Waals surface area contributed by atoms with Crippen molar-refractivity contribution in [3.63, 3.8) is 0 Å². The summed E-state index contributed by atoms with van der Waals surface area (Å²) in [6.45, 7) is 4.15. The first-order valence-electron chi connectivity index (χ1n) is 4.74. The monoisotopic (exact) mass is 199 g/mol. The van der Waals surface area contributed by atoms with E-state index in [1.54, 1.807) is 0 Å². The molecular formula is C9H19N4O+. The lowest BCUT2D eigenvalue weighted by Gasteiger charge is -2.10. The van der Waals surface area contributed by atoms with Crippen LogP contribution in [-0.4, -0.2) is 42.0 Å². The van der Waals surface area contributed by atoms with E-state index in [4.69, 9.17) is 11.5 Å². The van der Waals surface area contributed by atoms with Gasteiger partial charge < -0.3 is 16.0 Å². The number of likely N-dealkylation sites (N-methyl/N-ethyl adjacent to an activating group) is 1. The molecule has 2 unspecified atom stereocenters. The minimum Gasteiger partial charge on any atom is -0.370 e. The van der Waals surface area contributed by atoms with E-state index in [-0.39, 0.29) is 23.4 Å². The Morgan fingerprint density at radius 2 is 2.00 bits per heavy atom. The van der Waals surface area contributed by atoms with Crippen LogP contribution < -0.4 is 11.5 Å². The van der Waals surface area contributed by atoms with Gasteiger partial charge >= 0.3 is 5.91 Å². The summed E-state index contributed by atoms with van der Waals surface area (Å²) in [6, 6.07) is -0.102. The van der Waals surface area contributed by atoms with Crippen molar-refractivity contribution in [3.05, 3.63) is 0 Å². The van der Waals surface area contributed by atoms with Crippen molar-refractivity contribution < 1.29 is 9.28 Å². The van der Waals surface area contributed by atoms with Gasteiger partial charge in [0, 0.05) is 6.42 Å². The van der Waals surface area contributed by atoms with Crippen molar-refractivity contribution in [2.45, 2.75) is 31.8 Å². The van der Waals surface area contributed by atoms with E-state index in [2.05, 4.69) is 18.8 Å². The highest BCUT2D eigenvalue weighted by atomic mass is 16.2. The minimum absolute atomic E-state index is 0.0178. The van der Waals surface area contributed by atoms with Crippen LogP contribution in [0.3, 0.4) is 0 Å². The summed E-state index contributed by atoms with van der Waals surface area (Å²) in [5.74, 6) is -0.361. The second kappa shape index (κ2) is 2.95. The number of guanidine groups is 1. The Morgan fingerprint density at radius 1 is 1.50 bits per heavy atom. The van der Waals surface area contributed by atoms with Crippen molar-refractivity contribution >= 4 is 11.9 Å². The molecule has 0 radical (unpaired) electrons. The molecule has 1 rings (SSSR count). The van der Waals surface area contributed by atoms with E-state index < -0.39 is 0 Å². The number of aliphatic imine (C=N–C) groups is 1. The molecule has 4 N–H and O–H groups in total. The maximum atomic E-state index is 11.6. The summed E-state index contributed by atoms with van der Waals surface area (Å²) in [5.41, 5.74) is 10.3. The Bertz CT molecular complexity index is 293. The SMILES string of the molecule is CCC1(C)C(C(=O)N=C(N)N)[N+]1(C)C. The first kappa shape index (κ1) is 11.0. The summed E-state index contributed by atoms with van der Waals surface area (Å²) < 4.78 is 0.666. The maximum absolute atomic E-state index is 11.6. The van der Waals surface area contributed by atoms with Crippen LogP contribution in [0.15, 0.2) is 4.99 Å². The van der Waals surface area contributed by atoms with Crippen molar-refractivity contribution in [3.8, 4) is 0 Å². The average molecular weight is 199 g/mol. The van der Waals surface area contributed by atoms with E-state index in [0.717, 1.165) is 6.42 Å². The third kappa shape index (κ3) is 1.28. The molecule has 0 aliphatic carbocycles. The Kier molecular flexibility index (Phi) is 2.31. The molecule has 80 valence electrons. The van der Waals surface area contributed by atoms with Crippen LogP contribution in [0.4, 0.5) is 0 Å². The largest absolute Gasteiger partial charge is 0.370 e. The summed E-state index contributed by atoms with van der Waals surface area (Å²) in [6.07, 6.45) is 0.941. The normalized spacial score (nSPS) is 33.6. The molecular weight excluding hydrogens is 180 g/mol. The summed E-state index contributed by atoms with van der Waals surface area (Å²) >= 11 is 0. The molecule has 1 fully saturated rings. The average Bonchev–Trinajstić information content (AvgIpc) is 2.45. The van der Waals surface area contributed by atoms with Gasteiger partial charge in [-0.15, -0.1) is 0 Å². The molecule has 14 heavy (non-hydrogen) atoms. The van der Waals surface area contributed by atoms with Crippen LogP contribution in [0.25, 0.3) is 0 Å². The Balaban J connectivity index is 2.85. The quantitative estimate of drug-likeness (QED) is 0.270. The highest BCUT2D eigenvalue weighted by Crippen LogP contribution is 2.49. The van der Waals surface area contributed by atoms with Gasteiger partial charge in [0.05, 0.1) is 14.1 Å². The fraction of sp³-hybridized carbons (Fsp3) is 0.778. The highest BCUT2D eigenvalue weighted by Gasteiger charge is 2.74. The smallest absolute Gasteiger partial charge is 0.313 e. The zero-order valence-electron chi connectivity index (χ0n) is 9.24. The van der Waals surface area contributed by atoms with Crippen molar-refractivity contribution in [1.82, 2.24) is 0 Å². The molecule has 1 saturated heterocycles. The molecule has 1 amide bonds. The van der Waals surface area contributed by atoms with Crippen LogP contribution in [0, 0.1) is 0 Å².